The van der Waals surface area contributed by atoms with Gasteiger partial charge in [-0.15, -0.1) is 0 Å². The van der Waals surface area contributed by atoms with Crippen LogP contribution in [0.4, 0.5) is 0 Å². The highest BCUT2D eigenvalue weighted by molar-refractivity contribution is 5.06. The summed E-state index contributed by atoms with van der Waals surface area (Å²) in [5, 5.41) is 3.28. The Hall–Kier alpha value is -0.340. The van der Waals surface area contributed by atoms with Gasteiger partial charge in [0.05, 0.1) is 6.61 Å². The summed E-state index contributed by atoms with van der Waals surface area (Å²) in [7, 11) is 0. The summed E-state index contributed by atoms with van der Waals surface area (Å²) in [6.45, 7) is 6.09. The maximum Gasteiger partial charge on any atom is 0.0677 e. The van der Waals surface area contributed by atoms with Crippen molar-refractivity contribution in [3.63, 3.8) is 0 Å². The molecule has 1 N–H and O–H groups in total. The molecule has 70 valence electrons. The lowest BCUT2D eigenvalue weighted by molar-refractivity contribution is 0.150. The van der Waals surface area contributed by atoms with Crippen LogP contribution in [0.25, 0.3) is 0 Å². The van der Waals surface area contributed by atoms with Crippen molar-refractivity contribution < 1.29 is 4.74 Å². The van der Waals surface area contributed by atoms with E-state index in [4.69, 9.17) is 4.74 Å². The molecule has 0 atom stereocenters. The van der Waals surface area contributed by atoms with E-state index in [1.165, 1.54) is 18.4 Å². The third-order valence-corrected chi connectivity index (χ3v) is 2.09. The number of ether oxygens (including phenoxy) is 1. The van der Waals surface area contributed by atoms with Crippen molar-refractivity contribution in [3.05, 3.63) is 11.6 Å². The van der Waals surface area contributed by atoms with E-state index in [2.05, 4.69) is 18.3 Å². The molecule has 0 radical (unpaired) electrons. The molecular weight excluding hydrogens is 150 g/mol. The van der Waals surface area contributed by atoms with E-state index in [-0.39, 0.29) is 0 Å². The molecule has 0 saturated heterocycles. The van der Waals surface area contributed by atoms with Gasteiger partial charge in [0.2, 0.25) is 0 Å². The molecule has 0 saturated carbocycles. The van der Waals surface area contributed by atoms with E-state index in [0.29, 0.717) is 0 Å². The number of hydrogen-bond acceptors (Lipinski definition) is 2. The zero-order chi connectivity index (χ0) is 8.65. The first-order chi connectivity index (χ1) is 5.93. The van der Waals surface area contributed by atoms with Crippen molar-refractivity contribution in [2.45, 2.75) is 26.2 Å². The minimum Gasteiger partial charge on any atom is -0.377 e. The zero-order valence-electron chi connectivity index (χ0n) is 7.94. The van der Waals surface area contributed by atoms with Crippen LogP contribution in [0.15, 0.2) is 11.6 Å². The van der Waals surface area contributed by atoms with E-state index in [0.717, 1.165) is 32.7 Å². The molecule has 0 aromatic rings. The summed E-state index contributed by atoms with van der Waals surface area (Å²) in [6, 6.07) is 0. The third-order valence-electron chi connectivity index (χ3n) is 2.09. The normalized spacial score (nSPS) is 17.6. The molecule has 0 aromatic carbocycles. The second kappa shape index (κ2) is 6.21. The van der Waals surface area contributed by atoms with Crippen LogP contribution in [0.1, 0.15) is 26.2 Å². The largest absolute Gasteiger partial charge is 0.377 e. The number of nitrogens with one attached hydrogen (secondary N) is 1. The molecule has 0 amide bonds. The molecule has 0 spiro atoms. The molecule has 12 heavy (non-hydrogen) atoms. The van der Waals surface area contributed by atoms with Crippen molar-refractivity contribution in [3.8, 4) is 0 Å². The van der Waals surface area contributed by atoms with Crippen molar-refractivity contribution >= 4 is 0 Å². The Bertz CT molecular complexity index is 143. The fourth-order valence-electron chi connectivity index (χ4n) is 1.25. The maximum atomic E-state index is 5.52. The van der Waals surface area contributed by atoms with Crippen LogP contribution in [0.3, 0.4) is 0 Å². The first kappa shape index (κ1) is 9.75. The summed E-state index contributed by atoms with van der Waals surface area (Å²) in [4.78, 5) is 0. The van der Waals surface area contributed by atoms with Crippen LogP contribution < -0.4 is 5.32 Å². The zero-order valence-corrected chi connectivity index (χ0v) is 7.94. The summed E-state index contributed by atoms with van der Waals surface area (Å²) in [6.07, 6.45) is 5.81. The maximum absolute atomic E-state index is 5.52. The average molecular weight is 169 g/mol. The van der Waals surface area contributed by atoms with Crippen LogP contribution in [0.5, 0.6) is 0 Å². The molecule has 2 heteroatoms. The third kappa shape index (κ3) is 3.88. The summed E-state index contributed by atoms with van der Waals surface area (Å²) in [5.41, 5.74) is 1.46. The SMILES string of the molecule is CCCCOCC1=CCNCC1. The van der Waals surface area contributed by atoms with E-state index in [1.807, 2.05) is 0 Å². The van der Waals surface area contributed by atoms with E-state index in [1.54, 1.807) is 0 Å². The Balaban J connectivity index is 2.01. The van der Waals surface area contributed by atoms with Gasteiger partial charge in [-0.25, -0.2) is 0 Å². The van der Waals surface area contributed by atoms with Gasteiger partial charge < -0.3 is 10.1 Å². The number of unbranched alkanes of at least 4 members (excludes halogenated alkanes) is 1. The summed E-state index contributed by atoms with van der Waals surface area (Å²) >= 11 is 0. The monoisotopic (exact) mass is 169 g/mol. The van der Waals surface area contributed by atoms with Crippen molar-refractivity contribution in [2.75, 3.05) is 26.3 Å². The van der Waals surface area contributed by atoms with Gasteiger partial charge in [0.15, 0.2) is 0 Å². The van der Waals surface area contributed by atoms with Crippen LogP contribution in [0.2, 0.25) is 0 Å². The van der Waals surface area contributed by atoms with Gasteiger partial charge in [-0.1, -0.05) is 19.4 Å². The standard InChI is InChI=1S/C10H19NO/c1-2-3-8-12-9-10-4-6-11-7-5-10/h4,11H,2-3,5-9H2,1H3. The highest BCUT2D eigenvalue weighted by atomic mass is 16.5. The molecule has 0 bridgehead atoms. The Morgan fingerprint density at radius 2 is 2.50 bits per heavy atom. The fraction of sp³-hybridized carbons (Fsp3) is 0.800. The molecule has 0 unspecified atom stereocenters. The van der Waals surface area contributed by atoms with E-state index < -0.39 is 0 Å². The Kier molecular flexibility index (Phi) is 5.04. The molecule has 1 rings (SSSR count). The number of rotatable bonds is 5. The van der Waals surface area contributed by atoms with Gasteiger partial charge in [-0.05, 0) is 25.0 Å². The van der Waals surface area contributed by atoms with E-state index in [9.17, 15) is 0 Å². The fourth-order valence-corrected chi connectivity index (χ4v) is 1.25. The quantitative estimate of drug-likeness (QED) is 0.500. The molecule has 1 aliphatic rings. The molecule has 2 nitrogen and oxygen atoms in total. The molecule has 0 aromatic heterocycles. The first-order valence-electron chi connectivity index (χ1n) is 4.90. The van der Waals surface area contributed by atoms with Crippen LogP contribution >= 0.6 is 0 Å². The molecule has 1 heterocycles. The second-order valence-electron chi connectivity index (χ2n) is 3.22. The van der Waals surface area contributed by atoms with Crippen molar-refractivity contribution in [1.82, 2.24) is 5.32 Å². The lowest BCUT2D eigenvalue weighted by Gasteiger charge is -2.13. The molecule has 0 aliphatic carbocycles. The predicted octanol–water partition coefficient (Wildman–Crippen LogP) is 1.72. The highest BCUT2D eigenvalue weighted by Gasteiger charge is 2.01. The first-order valence-corrected chi connectivity index (χ1v) is 4.90. The summed E-state index contributed by atoms with van der Waals surface area (Å²) < 4.78 is 5.52. The minimum absolute atomic E-state index is 0.849. The molecule has 0 fully saturated rings. The van der Waals surface area contributed by atoms with Crippen LogP contribution in [-0.2, 0) is 4.74 Å². The molecule has 1 aliphatic heterocycles. The smallest absolute Gasteiger partial charge is 0.0677 e. The van der Waals surface area contributed by atoms with Crippen LogP contribution in [-0.4, -0.2) is 26.3 Å². The summed E-state index contributed by atoms with van der Waals surface area (Å²) in [5.74, 6) is 0. The Morgan fingerprint density at radius 3 is 3.17 bits per heavy atom. The predicted molar refractivity (Wildman–Crippen MR) is 51.3 cm³/mol. The van der Waals surface area contributed by atoms with Gasteiger partial charge in [0.25, 0.3) is 0 Å². The van der Waals surface area contributed by atoms with Crippen LogP contribution in [0, 0.1) is 0 Å². The van der Waals surface area contributed by atoms with Crippen molar-refractivity contribution in [2.24, 2.45) is 0 Å². The van der Waals surface area contributed by atoms with Gasteiger partial charge in [-0.3, -0.25) is 0 Å². The topological polar surface area (TPSA) is 21.3 Å². The highest BCUT2D eigenvalue weighted by Crippen LogP contribution is 2.04. The van der Waals surface area contributed by atoms with Gasteiger partial charge in [-0.2, -0.15) is 0 Å². The van der Waals surface area contributed by atoms with Gasteiger partial charge in [0, 0.05) is 13.2 Å². The lowest BCUT2D eigenvalue weighted by Crippen LogP contribution is -2.22. The second-order valence-corrected chi connectivity index (χ2v) is 3.22. The lowest BCUT2D eigenvalue weighted by atomic mass is 10.1. The minimum atomic E-state index is 0.849. The van der Waals surface area contributed by atoms with Crippen molar-refractivity contribution in [1.29, 1.82) is 0 Å². The van der Waals surface area contributed by atoms with E-state index >= 15 is 0 Å². The average Bonchev–Trinajstić information content (AvgIpc) is 2.14. The Labute approximate surface area is 75.0 Å². The number of hydrogen-bond donors (Lipinski definition) is 1. The van der Waals surface area contributed by atoms with Gasteiger partial charge >= 0.3 is 0 Å². The Morgan fingerprint density at radius 1 is 1.58 bits per heavy atom. The van der Waals surface area contributed by atoms with Gasteiger partial charge in [0.1, 0.15) is 0 Å². The molecular formula is C10H19NO.